The van der Waals surface area contributed by atoms with Gasteiger partial charge < -0.3 is 10.1 Å². The fraction of sp³-hybridized carbons (Fsp3) is 0.167. The molecule has 1 heterocycles. The molecule has 1 aromatic heterocycles. The van der Waals surface area contributed by atoms with E-state index in [0.29, 0.717) is 16.4 Å². The lowest BCUT2D eigenvalue weighted by Gasteiger charge is -2.00. The number of thioether (sulfide) groups is 1. The number of carbonyl (C=O) groups excluding carboxylic acids is 1. The number of aromatic amines is 1. The molecule has 3 aromatic rings. The molecule has 0 aliphatic heterocycles. The zero-order chi connectivity index (χ0) is 17.8. The maximum absolute atomic E-state index is 12.2. The Bertz CT molecular complexity index is 934. The molecule has 7 heteroatoms. The predicted molar refractivity (Wildman–Crippen MR) is 100 cm³/mol. The second-order valence-electron chi connectivity index (χ2n) is 5.70. The van der Waals surface area contributed by atoms with Crippen LogP contribution < -0.4 is 5.43 Å². The van der Waals surface area contributed by atoms with E-state index in [1.54, 1.807) is 54.2 Å². The number of hydrogen-bond acceptors (Lipinski definition) is 5. The largest absolute Gasteiger partial charge is 0.507 e. The van der Waals surface area contributed by atoms with Gasteiger partial charge >= 0.3 is 0 Å². The summed E-state index contributed by atoms with van der Waals surface area (Å²) in [4.78, 5) is 19.9. The number of nitrogens with zero attached hydrogens (tertiary/aromatic N) is 2. The van der Waals surface area contributed by atoms with E-state index in [2.05, 4.69) is 34.3 Å². The molecule has 0 radical (unpaired) electrons. The van der Waals surface area contributed by atoms with Gasteiger partial charge in [0.25, 0.3) is 5.91 Å². The van der Waals surface area contributed by atoms with Gasteiger partial charge in [0.1, 0.15) is 5.75 Å². The molecule has 1 amide bonds. The molecule has 2 aromatic carbocycles. The van der Waals surface area contributed by atoms with Crippen LogP contribution in [0, 0.1) is 0 Å². The molecule has 0 saturated heterocycles. The Balaban J connectivity index is 1.72. The molecule has 0 unspecified atom stereocenters. The molecule has 3 N–H and O–H groups in total. The van der Waals surface area contributed by atoms with E-state index in [4.69, 9.17) is 0 Å². The van der Waals surface area contributed by atoms with E-state index in [-0.39, 0.29) is 11.7 Å². The number of H-pyrrole nitrogens is 1. The van der Waals surface area contributed by atoms with E-state index in [0.717, 1.165) is 16.2 Å². The highest BCUT2D eigenvalue weighted by molar-refractivity contribution is 7.99. The molecule has 25 heavy (non-hydrogen) atoms. The van der Waals surface area contributed by atoms with Gasteiger partial charge in [0.2, 0.25) is 0 Å². The molecule has 0 bridgehead atoms. The molecule has 0 saturated carbocycles. The van der Waals surface area contributed by atoms with E-state index in [1.165, 1.54) is 6.21 Å². The summed E-state index contributed by atoms with van der Waals surface area (Å²) in [5.74, 6) is -0.226. The number of para-hydroxylation sites is 1. The van der Waals surface area contributed by atoms with Crippen LogP contribution in [0.2, 0.25) is 0 Å². The highest BCUT2D eigenvalue weighted by atomic mass is 32.2. The number of nitrogens with one attached hydrogen (secondary N) is 2. The van der Waals surface area contributed by atoms with Gasteiger partial charge in [-0.05, 0) is 30.3 Å². The number of fused-ring (bicyclic) bond motifs is 1. The Morgan fingerprint density at radius 1 is 1.32 bits per heavy atom. The van der Waals surface area contributed by atoms with Crippen molar-refractivity contribution in [2.45, 2.75) is 24.3 Å². The average molecular weight is 354 g/mol. The number of phenols is 1. The number of imidazole rings is 1. The minimum absolute atomic E-state index is 0.106. The normalized spacial score (nSPS) is 11.5. The van der Waals surface area contributed by atoms with Gasteiger partial charge in [-0.3, -0.25) is 4.79 Å². The summed E-state index contributed by atoms with van der Waals surface area (Å²) in [6, 6.07) is 12.0. The molecule has 0 spiro atoms. The average Bonchev–Trinajstić information content (AvgIpc) is 2.96. The topological polar surface area (TPSA) is 90.4 Å². The minimum atomic E-state index is -0.332. The minimum Gasteiger partial charge on any atom is -0.507 e. The van der Waals surface area contributed by atoms with E-state index < -0.39 is 0 Å². The highest BCUT2D eigenvalue weighted by Crippen LogP contribution is 2.23. The number of aromatic nitrogens is 2. The Morgan fingerprint density at radius 3 is 2.88 bits per heavy atom. The summed E-state index contributed by atoms with van der Waals surface area (Å²) in [5.41, 5.74) is 5.09. The zero-order valence-corrected chi connectivity index (χ0v) is 14.7. The summed E-state index contributed by atoms with van der Waals surface area (Å²) in [7, 11) is 0. The monoisotopic (exact) mass is 354 g/mol. The van der Waals surface area contributed by atoms with E-state index >= 15 is 0 Å². The summed E-state index contributed by atoms with van der Waals surface area (Å²) in [6.45, 7) is 4.19. The van der Waals surface area contributed by atoms with Crippen LogP contribution >= 0.6 is 11.8 Å². The number of hydrogen-bond donors (Lipinski definition) is 3. The van der Waals surface area contributed by atoms with Crippen LogP contribution in [0.5, 0.6) is 5.75 Å². The van der Waals surface area contributed by atoms with Crippen LogP contribution in [0.1, 0.15) is 29.8 Å². The van der Waals surface area contributed by atoms with Gasteiger partial charge in [0.05, 0.1) is 17.2 Å². The molecule has 128 valence electrons. The summed E-state index contributed by atoms with van der Waals surface area (Å²) < 4.78 is 0. The smallest absolute Gasteiger partial charge is 0.271 e. The van der Waals surface area contributed by atoms with Crippen molar-refractivity contribution < 1.29 is 9.90 Å². The quantitative estimate of drug-likeness (QED) is 0.371. The highest BCUT2D eigenvalue weighted by Gasteiger charge is 2.09. The van der Waals surface area contributed by atoms with Gasteiger partial charge in [-0.15, -0.1) is 0 Å². The van der Waals surface area contributed by atoms with Crippen LogP contribution in [0.25, 0.3) is 11.0 Å². The van der Waals surface area contributed by atoms with Crippen LogP contribution in [0.3, 0.4) is 0 Å². The van der Waals surface area contributed by atoms with Crippen molar-refractivity contribution in [3.05, 3.63) is 53.6 Å². The summed E-state index contributed by atoms with van der Waals surface area (Å²) in [6.07, 6.45) is 1.40. The first kappa shape index (κ1) is 17.0. The lowest BCUT2D eigenvalue weighted by molar-refractivity contribution is 0.0955. The molecule has 3 rings (SSSR count). The van der Waals surface area contributed by atoms with Crippen molar-refractivity contribution >= 4 is 34.9 Å². The molecule has 0 aliphatic rings. The van der Waals surface area contributed by atoms with Gasteiger partial charge in [-0.25, -0.2) is 10.4 Å². The predicted octanol–water partition coefficient (Wildman–Crippen LogP) is 3.53. The molecular formula is C18H18N4O2S. The molecular weight excluding hydrogens is 336 g/mol. The van der Waals surface area contributed by atoms with Gasteiger partial charge in [0.15, 0.2) is 5.16 Å². The number of aromatic hydroxyl groups is 1. The Kier molecular flexibility index (Phi) is 5.04. The third-order valence-electron chi connectivity index (χ3n) is 3.38. The van der Waals surface area contributed by atoms with Gasteiger partial charge in [-0.2, -0.15) is 5.10 Å². The fourth-order valence-electron chi connectivity index (χ4n) is 2.23. The van der Waals surface area contributed by atoms with E-state index in [1.807, 2.05) is 0 Å². The number of phenolic OH excluding ortho intramolecular Hbond substituents is 1. The van der Waals surface area contributed by atoms with Crippen molar-refractivity contribution in [2.75, 3.05) is 0 Å². The molecule has 0 fully saturated rings. The first-order valence-electron chi connectivity index (χ1n) is 7.81. The number of amides is 1. The number of benzene rings is 2. The third kappa shape index (κ3) is 4.19. The maximum atomic E-state index is 12.2. The van der Waals surface area contributed by atoms with Crippen molar-refractivity contribution in [1.29, 1.82) is 0 Å². The zero-order valence-electron chi connectivity index (χ0n) is 13.9. The summed E-state index contributed by atoms with van der Waals surface area (Å²) in [5, 5.41) is 14.8. The van der Waals surface area contributed by atoms with Crippen molar-refractivity contribution in [1.82, 2.24) is 15.4 Å². The lowest BCUT2D eigenvalue weighted by Crippen LogP contribution is -2.17. The number of hydrazone groups is 1. The van der Waals surface area contributed by atoms with Crippen LogP contribution in [0.4, 0.5) is 0 Å². The Morgan fingerprint density at radius 2 is 2.12 bits per heavy atom. The standard InChI is InChI=1S/C18H18N4O2S/c1-11(2)25-18-20-14-8-7-12(9-15(14)21-18)17(24)22-19-10-13-5-3-4-6-16(13)23/h3-11,23H,1-2H3,(H,20,21)(H,22,24)/b19-10-. The van der Waals surface area contributed by atoms with Gasteiger partial charge in [-0.1, -0.05) is 37.7 Å². The lowest BCUT2D eigenvalue weighted by atomic mass is 10.2. The van der Waals surface area contributed by atoms with Gasteiger partial charge in [0, 0.05) is 16.4 Å². The van der Waals surface area contributed by atoms with Crippen LogP contribution in [-0.4, -0.2) is 32.4 Å². The first-order valence-corrected chi connectivity index (χ1v) is 8.68. The van der Waals surface area contributed by atoms with Crippen molar-refractivity contribution in [3.8, 4) is 5.75 Å². The maximum Gasteiger partial charge on any atom is 0.271 e. The third-order valence-corrected chi connectivity index (χ3v) is 4.26. The van der Waals surface area contributed by atoms with Crippen LogP contribution in [-0.2, 0) is 0 Å². The Labute approximate surface area is 149 Å². The molecule has 0 aliphatic carbocycles. The number of carbonyl (C=O) groups is 1. The summed E-state index contributed by atoms with van der Waals surface area (Å²) >= 11 is 1.64. The second kappa shape index (κ2) is 7.40. The van der Waals surface area contributed by atoms with Crippen LogP contribution in [0.15, 0.2) is 52.7 Å². The fourth-order valence-corrected chi connectivity index (χ4v) is 2.99. The molecule has 0 atom stereocenters. The number of rotatable bonds is 5. The SMILES string of the molecule is CC(C)Sc1nc2ccc(C(=O)N/N=C\c3ccccc3O)cc2[nH]1. The second-order valence-corrected chi connectivity index (χ2v) is 7.26. The van der Waals surface area contributed by atoms with E-state index in [9.17, 15) is 9.90 Å². The first-order chi connectivity index (χ1) is 12.0. The Hall–Kier alpha value is -2.80. The van der Waals surface area contributed by atoms with Crippen molar-refractivity contribution in [2.24, 2.45) is 5.10 Å². The molecule has 6 nitrogen and oxygen atoms in total. The van der Waals surface area contributed by atoms with Crippen molar-refractivity contribution in [3.63, 3.8) is 0 Å².